The van der Waals surface area contributed by atoms with Gasteiger partial charge in [0.05, 0.1) is 0 Å². The van der Waals surface area contributed by atoms with E-state index in [1.54, 1.807) is 0 Å². The molecule has 3 aliphatic heterocycles. The fraction of sp³-hybridized carbons (Fsp3) is 0.757. The van der Waals surface area contributed by atoms with Gasteiger partial charge in [-0.2, -0.15) is 15.0 Å². The molecule has 1 aromatic heterocycles. The van der Waals surface area contributed by atoms with Gasteiger partial charge in [0.25, 0.3) is 0 Å². The fourth-order valence-corrected chi connectivity index (χ4v) is 7.45. The molecule has 1 atom stereocenters. The van der Waals surface area contributed by atoms with E-state index in [2.05, 4.69) is 98.5 Å². The predicted molar refractivity (Wildman–Crippen MR) is 201 cm³/mol. The summed E-state index contributed by atoms with van der Waals surface area (Å²) in [6, 6.07) is 9.50. The van der Waals surface area contributed by atoms with Gasteiger partial charge in [0.1, 0.15) is 0 Å². The molecule has 268 valence electrons. The van der Waals surface area contributed by atoms with Crippen LogP contribution in [0.1, 0.15) is 59.4 Å². The molecule has 3 saturated heterocycles. The minimum absolute atomic E-state index is 0.480. The van der Waals surface area contributed by atoms with Crippen molar-refractivity contribution in [1.82, 2.24) is 39.5 Å². The lowest BCUT2D eigenvalue weighted by Gasteiger charge is -2.38. The molecule has 2 aromatic rings. The molecule has 0 saturated carbocycles. The van der Waals surface area contributed by atoms with Crippen LogP contribution in [0.5, 0.6) is 0 Å². The normalized spacial score (nSPS) is 22.4. The van der Waals surface area contributed by atoms with Crippen LogP contribution in [0, 0.1) is 0 Å². The maximum Gasteiger partial charge on any atom is 0.233 e. The fourth-order valence-electron chi connectivity index (χ4n) is 7.45. The average molecular weight is 664 g/mol. The third-order valence-corrected chi connectivity index (χ3v) is 10.9. The minimum atomic E-state index is 0.480. The van der Waals surface area contributed by atoms with E-state index >= 15 is 0 Å². The highest BCUT2D eigenvalue weighted by Gasteiger charge is 2.24. The van der Waals surface area contributed by atoms with Gasteiger partial charge in [-0.1, -0.05) is 46.8 Å². The number of anilines is 4. The molecular formula is C37H65N11. The van der Waals surface area contributed by atoms with E-state index in [1.165, 1.54) is 31.4 Å². The second-order valence-corrected chi connectivity index (χ2v) is 13.8. The number of piperazine rings is 1. The summed E-state index contributed by atoms with van der Waals surface area (Å²) in [6.45, 7) is 31.0. The first kappa shape index (κ1) is 36.7. The summed E-state index contributed by atoms with van der Waals surface area (Å²) in [7, 11) is 0. The first-order valence-electron chi connectivity index (χ1n) is 19.3. The Morgan fingerprint density at radius 1 is 0.542 bits per heavy atom. The second-order valence-electron chi connectivity index (χ2n) is 13.8. The van der Waals surface area contributed by atoms with Gasteiger partial charge < -0.3 is 34.7 Å². The van der Waals surface area contributed by atoms with Crippen LogP contribution in [0.25, 0.3) is 0 Å². The standard InChI is InChI=1S/C37H65N11/c1-6-42-20-21-43(7-2)24-27-46(10-5)34(31-45(9-4)23-22-42)30-32-14-16-33(17-15-32)38-35-39-36(47-18-12-11-13-19-47)41-37(40-35)48-28-25-44(8-3)26-29-48/h14-17,34H,6-13,18-31H2,1-5H3,(H,38,39,40,41). The molecule has 11 nitrogen and oxygen atoms in total. The predicted octanol–water partition coefficient (Wildman–Crippen LogP) is 3.96. The number of nitrogens with zero attached hydrogens (tertiary/aromatic N) is 10. The van der Waals surface area contributed by atoms with Crippen molar-refractivity contribution in [2.24, 2.45) is 0 Å². The van der Waals surface area contributed by atoms with Crippen molar-refractivity contribution in [2.45, 2.75) is 66.3 Å². The van der Waals surface area contributed by atoms with Crippen LogP contribution in [0.15, 0.2) is 24.3 Å². The smallest absolute Gasteiger partial charge is 0.233 e. The van der Waals surface area contributed by atoms with Crippen molar-refractivity contribution in [1.29, 1.82) is 0 Å². The third-order valence-electron chi connectivity index (χ3n) is 10.9. The van der Waals surface area contributed by atoms with Crippen LogP contribution in [0.3, 0.4) is 0 Å². The molecule has 0 bridgehead atoms. The van der Waals surface area contributed by atoms with Gasteiger partial charge in [-0.15, -0.1) is 0 Å². The average Bonchev–Trinajstić information content (AvgIpc) is 3.13. The number of aromatic nitrogens is 3. The van der Waals surface area contributed by atoms with Crippen LogP contribution in [0.4, 0.5) is 23.5 Å². The molecule has 3 fully saturated rings. The summed E-state index contributed by atoms with van der Waals surface area (Å²) in [5.41, 5.74) is 2.41. The topological polar surface area (TPSA) is 73.4 Å². The van der Waals surface area contributed by atoms with Crippen molar-refractivity contribution >= 4 is 23.5 Å². The molecule has 1 N–H and O–H groups in total. The van der Waals surface area contributed by atoms with Gasteiger partial charge in [0.15, 0.2) is 0 Å². The van der Waals surface area contributed by atoms with E-state index in [4.69, 9.17) is 15.0 Å². The van der Waals surface area contributed by atoms with Crippen molar-refractivity contribution in [3.63, 3.8) is 0 Å². The summed E-state index contributed by atoms with van der Waals surface area (Å²) in [6.07, 6.45) is 4.72. The van der Waals surface area contributed by atoms with Crippen LogP contribution < -0.4 is 15.1 Å². The third kappa shape index (κ3) is 10.5. The van der Waals surface area contributed by atoms with E-state index in [0.717, 1.165) is 135 Å². The number of piperidine rings is 1. The van der Waals surface area contributed by atoms with Crippen molar-refractivity contribution < 1.29 is 0 Å². The summed E-state index contributed by atoms with van der Waals surface area (Å²) >= 11 is 0. The maximum absolute atomic E-state index is 4.99. The van der Waals surface area contributed by atoms with E-state index in [-0.39, 0.29) is 0 Å². The molecule has 1 unspecified atom stereocenters. The molecule has 0 spiro atoms. The number of hydrogen-bond acceptors (Lipinski definition) is 11. The molecule has 3 aliphatic rings. The summed E-state index contributed by atoms with van der Waals surface area (Å²) < 4.78 is 0. The number of benzene rings is 1. The van der Waals surface area contributed by atoms with Crippen molar-refractivity contribution in [2.75, 3.05) is 133 Å². The highest BCUT2D eigenvalue weighted by atomic mass is 15.4. The SMILES string of the molecule is CCN1CCN(CC)CCN(CC)C(Cc2ccc(Nc3nc(N4CCCCC4)nc(N4CCN(CC)CC4)n3)cc2)CN(CC)CC1. The Morgan fingerprint density at radius 2 is 1.04 bits per heavy atom. The van der Waals surface area contributed by atoms with Crippen LogP contribution in [0.2, 0.25) is 0 Å². The molecular weight excluding hydrogens is 598 g/mol. The Kier molecular flexibility index (Phi) is 14.5. The van der Waals surface area contributed by atoms with Crippen LogP contribution in [-0.4, -0.2) is 163 Å². The molecule has 48 heavy (non-hydrogen) atoms. The highest BCUT2D eigenvalue weighted by Crippen LogP contribution is 2.24. The monoisotopic (exact) mass is 664 g/mol. The van der Waals surface area contributed by atoms with Gasteiger partial charge >= 0.3 is 0 Å². The maximum atomic E-state index is 4.99. The largest absolute Gasteiger partial charge is 0.341 e. The molecule has 11 heteroatoms. The van der Waals surface area contributed by atoms with E-state index in [1.807, 2.05) is 0 Å². The Labute approximate surface area is 291 Å². The Hall–Kier alpha value is -2.57. The molecule has 0 amide bonds. The lowest BCUT2D eigenvalue weighted by atomic mass is 10.0. The second kappa shape index (κ2) is 19.0. The zero-order valence-electron chi connectivity index (χ0n) is 30.9. The molecule has 0 radical (unpaired) electrons. The summed E-state index contributed by atoms with van der Waals surface area (Å²) in [5.74, 6) is 2.25. The number of nitrogens with one attached hydrogen (secondary N) is 1. The van der Waals surface area contributed by atoms with E-state index in [9.17, 15) is 0 Å². The number of rotatable bonds is 11. The minimum Gasteiger partial charge on any atom is -0.341 e. The number of hydrogen-bond donors (Lipinski definition) is 1. The molecule has 0 aliphatic carbocycles. The van der Waals surface area contributed by atoms with E-state index in [0.29, 0.717) is 12.0 Å². The lowest BCUT2D eigenvalue weighted by Crippen LogP contribution is -2.50. The first-order valence-corrected chi connectivity index (χ1v) is 19.3. The van der Waals surface area contributed by atoms with Gasteiger partial charge in [-0.05, 0) is 76.1 Å². The zero-order chi connectivity index (χ0) is 33.7. The van der Waals surface area contributed by atoms with Gasteiger partial charge in [-0.3, -0.25) is 4.90 Å². The Morgan fingerprint density at radius 3 is 1.58 bits per heavy atom. The number of likely N-dealkylation sites (N-methyl/N-ethyl adjacent to an activating group) is 5. The Bertz CT molecular complexity index is 1200. The van der Waals surface area contributed by atoms with Gasteiger partial charge in [0.2, 0.25) is 17.8 Å². The molecule has 4 heterocycles. The highest BCUT2D eigenvalue weighted by molar-refractivity contribution is 5.57. The molecule has 1 aromatic carbocycles. The van der Waals surface area contributed by atoms with Gasteiger partial charge in [0, 0.05) is 96.8 Å². The lowest BCUT2D eigenvalue weighted by molar-refractivity contribution is 0.105. The quantitative estimate of drug-likeness (QED) is 0.380. The summed E-state index contributed by atoms with van der Waals surface area (Å²) in [5, 5.41) is 3.56. The zero-order valence-corrected chi connectivity index (χ0v) is 30.9. The first-order chi connectivity index (χ1) is 23.5. The van der Waals surface area contributed by atoms with Gasteiger partial charge in [-0.25, -0.2) is 0 Å². The van der Waals surface area contributed by atoms with Crippen molar-refractivity contribution in [3.05, 3.63) is 29.8 Å². The Balaban J connectivity index is 1.30. The van der Waals surface area contributed by atoms with E-state index < -0.39 is 0 Å². The summed E-state index contributed by atoms with van der Waals surface area (Å²) in [4.78, 5) is 32.7. The van der Waals surface area contributed by atoms with Crippen LogP contribution >= 0.6 is 0 Å². The van der Waals surface area contributed by atoms with Crippen molar-refractivity contribution in [3.8, 4) is 0 Å². The van der Waals surface area contributed by atoms with Crippen LogP contribution in [-0.2, 0) is 6.42 Å². The molecule has 5 rings (SSSR count).